The lowest BCUT2D eigenvalue weighted by atomic mass is 10.0. The number of rotatable bonds is 3. The lowest BCUT2D eigenvalue weighted by molar-refractivity contribution is 0.628. The Morgan fingerprint density at radius 2 is 1.81 bits per heavy atom. The smallest absolute Gasteiger partial charge is 0.143 e. The topological polar surface area (TPSA) is 37.8 Å². The lowest BCUT2D eigenvalue weighted by Gasteiger charge is -2.11. The summed E-state index contributed by atoms with van der Waals surface area (Å²) in [6.45, 7) is 2.02. The van der Waals surface area contributed by atoms with Crippen molar-refractivity contribution in [3.05, 3.63) is 69.5 Å². The largest absolute Gasteiger partial charge is 0.338 e. The van der Waals surface area contributed by atoms with E-state index in [0.717, 1.165) is 26.2 Å². The van der Waals surface area contributed by atoms with E-state index < -0.39 is 0 Å². The second-order valence-electron chi connectivity index (χ2n) is 5.67. The molecule has 0 aliphatic carbocycles. The zero-order valence-corrected chi connectivity index (χ0v) is 15.9. The Morgan fingerprint density at radius 3 is 2.58 bits per heavy atom. The average Bonchev–Trinajstić information content (AvgIpc) is 2.97. The van der Waals surface area contributed by atoms with Crippen LogP contribution in [0, 0.1) is 12.7 Å². The average molecular weight is 404 g/mol. The second kappa shape index (κ2) is 6.83. The van der Waals surface area contributed by atoms with Crippen molar-refractivity contribution in [1.29, 1.82) is 0 Å². The number of hydrogen-bond donors (Lipinski definition) is 1. The highest BCUT2D eigenvalue weighted by molar-refractivity contribution is 7.19. The summed E-state index contributed by atoms with van der Waals surface area (Å²) in [7, 11) is 0. The van der Waals surface area contributed by atoms with Gasteiger partial charge in [0.25, 0.3) is 0 Å². The Kier molecular flexibility index (Phi) is 4.53. The van der Waals surface area contributed by atoms with E-state index >= 15 is 0 Å². The standard InChI is InChI=1S/C19H12Cl2FN3S/c1-10-15(11-5-7-12(22)8-6-11)16-18(23-9-24-19(16)26-10)25-14-4-2-3-13(20)17(14)21/h2-9H,1H3,(H,23,24,25). The van der Waals surface area contributed by atoms with Crippen molar-refractivity contribution in [2.24, 2.45) is 0 Å². The third-order valence-corrected chi connectivity index (χ3v) is 5.83. The molecule has 0 unspecified atom stereocenters. The highest BCUT2D eigenvalue weighted by Gasteiger charge is 2.17. The highest BCUT2D eigenvalue weighted by atomic mass is 35.5. The van der Waals surface area contributed by atoms with Gasteiger partial charge in [-0.05, 0) is 36.8 Å². The Morgan fingerprint density at radius 1 is 1.04 bits per heavy atom. The molecule has 0 saturated carbocycles. The van der Waals surface area contributed by atoms with Crippen LogP contribution in [0.15, 0.2) is 48.8 Å². The van der Waals surface area contributed by atoms with Crippen LogP contribution in [0.3, 0.4) is 0 Å². The Bertz CT molecular complexity index is 1110. The molecule has 7 heteroatoms. The number of anilines is 2. The van der Waals surface area contributed by atoms with E-state index in [9.17, 15) is 4.39 Å². The van der Waals surface area contributed by atoms with Crippen LogP contribution in [-0.2, 0) is 0 Å². The summed E-state index contributed by atoms with van der Waals surface area (Å²) in [5, 5.41) is 5.02. The molecule has 0 fully saturated rings. The highest BCUT2D eigenvalue weighted by Crippen LogP contribution is 2.42. The van der Waals surface area contributed by atoms with E-state index in [1.54, 1.807) is 29.5 Å². The van der Waals surface area contributed by atoms with Gasteiger partial charge in [0.15, 0.2) is 0 Å². The van der Waals surface area contributed by atoms with Gasteiger partial charge >= 0.3 is 0 Å². The first kappa shape index (κ1) is 17.2. The molecule has 2 aromatic heterocycles. The van der Waals surface area contributed by atoms with Gasteiger partial charge in [-0.15, -0.1) is 11.3 Å². The number of benzene rings is 2. The molecular weight excluding hydrogens is 392 g/mol. The van der Waals surface area contributed by atoms with Crippen LogP contribution < -0.4 is 5.32 Å². The summed E-state index contributed by atoms with van der Waals surface area (Å²) in [4.78, 5) is 10.7. The van der Waals surface area contributed by atoms with Gasteiger partial charge in [-0.25, -0.2) is 14.4 Å². The van der Waals surface area contributed by atoms with Gasteiger partial charge in [-0.3, -0.25) is 0 Å². The van der Waals surface area contributed by atoms with E-state index in [1.807, 2.05) is 19.1 Å². The molecule has 2 aromatic carbocycles. The zero-order valence-electron chi connectivity index (χ0n) is 13.6. The first-order valence-corrected chi connectivity index (χ1v) is 9.33. The predicted molar refractivity (Wildman–Crippen MR) is 107 cm³/mol. The van der Waals surface area contributed by atoms with Gasteiger partial charge < -0.3 is 5.32 Å². The number of nitrogens with zero attached hydrogens (tertiary/aromatic N) is 2. The van der Waals surface area contributed by atoms with Crippen LogP contribution >= 0.6 is 34.5 Å². The van der Waals surface area contributed by atoms with Crippen molar-refractivity contribution in [3.8, 4) is 11.1 Å². The van der Waals surface area contributed by atoms with Crippen molar-refractivity contribution in [2.45, 2.75) is 6.92 Å². The number of aryl methyl sites for hydroxylation is 1. The SMILES string of the molecule is Cc1sc2ncnc(Nc3cccc(Cl)c3Cl)c2c1-c1ccc(F)cc1. The molecule has 3 nitrogen and oxygen atoms in total. The van der Waals surface area contributed by atoms with Crippen LogP contribution in [0.25, 0.3) is 21.3 Å². The van der Waals surface area contributed by atoms with Gasteiger partial charge in [-0.2, -0.15) is 0 Å². The van der Waals surface area contributed by atoms with E-state index in [0.29, 0.717) is 21.6 Å². The number of nitrogens with one attached hydrogen (secondary N) is 1. The Hall–Kier alpha value is -2.21. The first-order chi connectivity index (χ1) is 12.5. The number of aromatic nitrogens is 2. The predicted octanol–water partition coefficient (Wildman–Crippen LogP) is 6.86. The molecule has 0 aliphatic rings. The summed E-state index contributed by atoms with van der Waals surface area (Å²) in [5.74, 6) is 0.356. The molecule has 130 valence electrons. The third kappa shape index (κ3) is 3.03. The molecular formula is C19H12Cl2FN3S. The quantitative estimate of drug-likeness (QED) is 0.406. The number of thiophene rings is 1. The minimum Gasteiger partial charge on any atom is -0.338 e. The van der Waals surface area contributed by atoms with Crippen molar-refractivity contribution < 1.29 is 4.39 Å². The Balaban J connectivity index is 1.91. The normalized spacial score (nSPS) is 11.1. The molecule has 0 saturated heterocycles. The molecule has 0 aliphatic heterocycles. The maximum Gasteiger partial charge on any atom is 0.143 e. The fourth-order valence-electron chi connectivity index (χ4n) is 2.83. The molecule has 0 radical (unpaired) electrons. The van der Waals surface area contributed by atoms with E-state index in [1.165, 1.54) is 18.5 Å². The summed E-state index contributed by atoms with van der Waals surface area (Å²) >= 11 is 14.0. The van der Waals surface area contributed by atoms with Crippen LogP contribution in [0.5, 0.6) is 0 Å². The Labute approximate surface area is 163 Å². The molecule has 26 heavy (non-hydrogen) atoms. The summed E-state index contributed by atoms with van der Waals surface area (Å²) in [5.41, 5.74) is 2.55. The lowest BCUT2D eigenvalue weighted by Crippen LogP contribution is -1.96. The third-order valence-electron chi connectivity index (χ3n) is 4.00. The van der Waals surface area contributed by atoms with E-state index in [4.69, 9.17) is 23.2 Å². The summed E-state index contributed by atoms with van der Waals surface area (Å²) in [6.07, 6.45) is 1.51. The molecule has 1 N–H and O–H groups in total. The van der Waals surface area contributed by atoms with Crippen molar-refractivity contribution in [1.82, 2.24) is 9.97 Å². The van der Waals surface area contributed by atoms with Crippen molar-refractivity contribution in [2.75, 3.05) is 5.32 Å². The van der Waals surface area contributed by atoms with Gasteiger partial charge in [0.2, 0.25) is 0 Å². The second-order valence-corrected chi connectivity index (χ2v) is 7.66. The summed E-state index contributed by atoms with van der Waals surface area (Å²) < 4.78 is 13.3. The molecule has 4 rings (SSSR count). The van der Waals surface area contributed by atoms with Crippen molar-refractivity contribution >= 4 is 56.3 Å². The first-order valence-electron chi connectivity index (χ1n) is 7.75. The molecule has 0 atom stereocenters. The minimum atomic E-state index is -0.272. The van der Waals surface area contributed by atoms with Crippen LogP contribution in [-0.4, -0.2) is 9.97 Å². The minimum absolute atomic E-state index is 0.272. The van der Waals surface area contributed by atoms with Crippen LogP contribution in [0.1, 0.15) is 4.88 Å². The maximum absolute atomic E-state index is 13.3. The fourth-order valence-corrected chi connectivity index (χ4v) is 4.19. The monoisotopic (exact) mass is 403 g/mol. The number of fused-ring (bicyclic) bond motifs is 1. The number of hydrogen-bond acceptors (Lipinski definition) is 4. The fraction of sp³-hybridized carbons (Fsp3) is 0.0526. The van der Waals surface area contributed by atoms with E-state index in [-0.39, 0.29) is 5.82 Å². The van der Waals surface area contributed by atoms with Gasteiger partial charge in [-0.1, -0.05) is 41.4 Å². The van der Waals surface area contributed by atoms with Gasteiger partial charge in [0.1, 0.15) is 22.8 Å². The van der Waals surface area contributed by atoms with Crippen LogP contribution in [0.2, 0.25) is 10.0 Å². The van der Waals surface area contributed by atoms with Crippen LogP contribution in [0.4, 0.5) is 15.9 Å². The molecule has 2 heterocycles. The zero-order chi connectivity index (χ0) is 18.3. The molecule has 0 amide bonds. The molecule has 4 aromatic rings. The number of halogens is 3. The maximum atomic E-state index is 13.3. The van der Waals surface area contributed by atoms with Gasteiger partial charge in [0.05, 0.1) is 21.1 Å². The molecule has 0 spiro atoms. The van der Waals surface area contributed by atoms with E-state index in [2.05, 4.69) is 15.3 Å². The molecule has 0 bridgehead atoms. The summed E-state index contributed by atoms with van der Waals surface area (Å²) in [6, 6.07) is 11.8. The van der Waals surface area contributed by atoms with Crippen molar-refractivity contribution in [3.63, 3.8) is 0 Å². The van der Waals surface area contributed by atoms with Gasteiger partial charge in [0, 0.05) is 10.4 Å².